The Kier molecular flexibility index (Phi) is 12.1. The van der Waals surface area contributed by atoms with Crippen molar-refractivity contribution in [2.45, 2.75) is 24.7 Å². The molecule has 0 radical (unpaired) electrons. The van der Waals surface area contributed by atoms with Crippen LogP contribution in [0.25, 0.3) is 54.9 Å². The molecule has 86 heavy (non-hydrogen) atoms. The lowest BCUT2D eigenvalue weighted by Gasteiger charge is -2.35. The Morgan fingerprint density at radius 3 is 0.942 bits per heavy atom. The number of aryl methyl sites for hydroxylation is 2. The monoisotopic (exact) mass is 1100 g/mol. The molecule has 0 unspecified atom stereocenters. The van der Waals surface area contributed by atoms with Crippen LogP contribution in [-0.4, -0.2) is 0 Å². The maximum absolute atomic E-state index is 2.53. The van der Waals surface area contributed by atoms with Crippen LogP contribution in [0.5, 0.6) is 0 Å². The number of hydrogen-bond donors (Lipinski definition) is 0. The summed E-state index contributed by atoms with van der Waals surface area (Å²) in [5, 5.41) is 4.73. The number of anilines is 6. The van der Waals surface area contributed by atoms with Crippen LogP contribution in [0.15, 0.2) is 328 Å². The molecule has 2 heteroatoms. The minimum atomic E-state index is -0.556. The van der Waals surface area contributed by atoms with Gasteiger partial charge >= 0.3 is 0 Å². The van der Waals surface area contributed by atoms with Crippen LogP contribution in [0, 0.1) is 13.8 Å². The van der Waals surface area contributed by atoms with E-state index >= 15 is 0 Å². The largest absolute Gasteiger partial charge is 0.310 e. The van der Waals surface area contributed by atoms with Gasteiger partial charge in [0.2, 0.25) is 0 Å². The van der Waals surface area contributed by atoms with Crippen LogP contribution >= 0.6 is 0 Å². The van der Waals surface area contributed by atoms with E-state index < -0.39 is 10.8 Å². The standard InChI is InChI=1S/C84H60N2/c1-57-39-45-64(46-40-57)85(67-51-53-71-69-31-19-21-37-77(69)83(79(71)55-67,60-23-7-3-8-24-60)61-25-9-4-10-26-61)65-49-43-59(44-50-65)81-73-33-15-17-35-75(73)82(76-36-18-16-34-74(76)81)86(66-47-41-58(2)42-48-66)68-52-54-72-70-32-20-22-38-78(70)84(80(72)56-68,62-27-11-5-12-28-62)63-29-13-6-14-30-63/h3-56H,1-2H3. The van der Waals surface area contributed by atoms with Crippen LogP contribution in [0.1, 0.15) is 55.6 Å². The molecule has 406 valence electrons. The van der Waals surface area contributed by atoms with E-state index in [2.05, 4.69) is 351 Å². The van der Waals surface area contributed by atoms with Gasteiger partial charge in [0.15, 0.2) is 0 Å². The van der Waals surface area contributed by atoms with Gasteiger partial charge < -0.3 is 9.80 Å². The molecule has 0 amide bonds. The van der Waals surface area contributed by atoms with Gasteiger partial charge in [0, 0.05) is 39.2 Å². The molecular formula is C84H60N2. The van der Waals surface area contributed by atoms with Gasteiger partial charge in [0.05, 0.1) is 16.5 Å². The fourth-order valence-corrected chi connectivity index (χ4v) is 14.8. The molecule has 0 spiro atoms. The van der Waals surface area contributed by atoms with Gasteiger partial charge in [0.25, 0.3) is 0 Å². The highest BCUT2D eigenvalue weighted by Gasteiger charge is 2.48. The van der Waals surface area contributed by atoms with Gasteiger partial charge in [-0.2, -0.15) is 0 Å². The lowest BCUT2D eigenvalue weighted by Crippen LogP contribution is -2.28. The lowest BCUT2D eigenvalue weighted by molar-refractivity contribution is 0.768. The second-order valence-electron chi connectivity index (χ2n) is 23.2. The summed E-state index contributed by atoms with van der Waals surface area (Å²) in [7, 11) is 0. The lowest BCUT2D eigenvalue weighted by atomic mass is 9.67. The quantitative estimate of drug-likeness (QED) is 0.119. The third kappa shape index (κ3) is 7.80. The zero-order valence-electron chi connectivity index (χ0n) is 48.1. The fourth-order valence-electron chi connectivity index (χ4n) is 14.8. The first-order chi connectivity index (χ1) is 42.5. The Bertz CT molecular complexity index is 4720. The van der Waals surface area contributed by atoms with Crippen molar-refractivity contribution in [1.29, 1.82) is 0 Å². The average Bonchev–Trinajstić information content (AvgIpc) is 1.66. The summed E-state index contributed by atoms with van der Waals surface area (Å²) >= 11 is 0. The number of rotatable bonds is 11. The molecule has 0 bridgehead atoms. The van der Waals surface area contributed by atoms with Crippen molar-refractivity contribution in [1.82, 2.24) is 0 Å². The molecule has 0 N–H and O–H groups in total. The molecule has 2 nitrogen and oxygen atoms in total. The Hall–Kier alpha value is -10.8. The fraction of sp³-hybridized carbons (Fsp3) is 0.0476. The van der Waals surface area contributed by atoms with Crippen LogP contribution in [0.4, 0.5) is 34.1 Å². The molecule has 2 aliphatic carbocycles. The Labute approximate surface area is 503 Å². The number of fused-ring (bicyclic) bond motifs is 8. The van der Waals surface area contributed by atoms with Gasteiger partial charge in [-0.25, -0.2) is 0 Å². The van der Waals surface area contributed by atoms with Crippen molar-refractivity contribution >= 4 is 55.7 Å². The minimum absolute atomic E-state index is 0.530. The third-order valence-electron chi connectivity index (χ3n) is 18.5. The molecule has 0 aliphatic heterocycles. The van der Waals surface area contributed by atoms with E-state index in [1.54, 1.807) is 0 Å². The molecule has 16 rings (SSSR count). The Morgan fingerprint density at radius 2 is 0.535 bits per heavy atom. The summed E-state index contributed by atoms with van der Waals surface area (Å²) in [5.74, 6) is 0. The van der Waals surface area contributed by atoms with E-state index in [1.807, 2.05) is 0 Å². The molecule has 0 fully saturated rings. The van der Waals surface area contributed by atoms with E-state index in [-0.39, 0.29) is 0 Å². The molecule has 14 aromatic carbocycles. The first-order valence-corrected chi connectivity index (χ1v) is 30.0. The number of nitrogens with zero attached hydrogens (tertiary/aromatic N) is 2. The zero-order valence-corrected chi connectivity index (χ0v) is 48.1. The second kappa shape index (κ2) is 20.5. The van der Waals surface area contributed by atoms with Crippen LogP contribution in [0.2, 0.25) is 0 Å². The van der Waals surface area contributed by atoms with E-state index in [1.165, 1.54) is 105 Å². The van der Waals surface area contributed by atoms with Gasteiger partial charge in [0.1, 0.15) is 0 Å². The van der Waals surface area contributed by atoms with E-state index in [9.17, 15) is 0 Å². The first kappa shape index (κ1) is 50.9. The van der Waals surface area contributed by atoms with Gasteiger partial charge in [-0.05, 0) is 163 Å². The predicted octanol–water partition coefficient (Wildman–Crippen LogP) is 21.9. The molecule has 0 heterocycles. The number of hydrogen-bond acceptors (Lipinski definition) is 2. The maximum atomic E-state index is 2.53. The SMILES string of the molecule is Cc1ccc(N(c2ccc(-c3c4ccccc4c(N(c4ccc(C)cc4)c4ccc5c(c4)C(c4ccccc4)(c4ccccc4)c4ccccc4-5)c4ccccc34)cc2)c2ccc3c(c2)C(c2ccccc2)(c2ccccc2)c2ccccc2-3)cc1. The third-order valence-corrected chi connectivity index (χ3v) is 18.5. The molecule has 2 aliphatic rings. The second-order valence-corrected chi connectivity index (χ2v) is 23.2. The van der Waals surface area contributed by atoms with Crippen molar-refractivity contribution in [3.8, 4) is 33.4 Å². The summed E-state index contributed by atoms with van der Waals surface area (Å²) in [5.41, 5.74) is 25.5. The van der Waals surface area contributed by atoms with E-state index in [0.717, 1.165) is 39.7 Å². The minimum Gasteiger partial charge on any atom is -0.310 e. The summed E-state index contributed by atoms with van der Waals surface area (Å²) in [6.45, 7) is 4.34. The van der Waals surface area contributed by atoms with Crippen LogP contribution in [-0.2, 0) is 10.8 Å². The van der Waals surface area contributed by atoms with Gasteiger partial charge in [-0.1, -0.05) is 278 Å². The van der Waals surface area contributed by atoms with Crippen molar-refractivity contribution in [3.63, 3.8) is 0 Å². The highest BCUT2D eigenvalue weighted by Crippen LogP contribution is 2.60. The average molecular weight is 1100 g/mol. The molecule has 0 atom stereocenters. The van der Waals surface area contributed by atoms with Crippen molar-refractivity contribution in [2.24, 2.45) is 0 Å². The van der Waals surface area contributed by atoms with Gasteiger partial charge in [-0.15, -0.1) is 0 Å². The van der Waals surface area contributed by atoms with E-state index in [0.29, 0.717) is 0 Å². The van der Waals surface area contributed by atoms with Gasteiger partial charge in [-0.3, -0.25) is 0 Å². The molecule has 0 saturated heterocycles. The zero-order chi connectivity index (χ0) is 57.3. The summed E-state index contributed by atoms with van der Waals surface area (Å²) in [6.07, 6.45) is 0. The summed E-state index contributed by atoms with van der Waals surface area (Å²) < 4.78 is 0. The number of benzene rings is 14. The van der Waals surface area contributed by atoms with E-state index in [4.69, 9.17) is 0 Å². The maximum Gasteiger partial charge on any atom is 0.0714 e. The van der Waals surface area contributed by atoms with Crippen molar-refractivity contribution < 1.29 is 0 Å². The summed E-state index contributed by atoms with van der Waals surface area (Å²) in [4.78, 5) is 4.96. The van der Waals surface area contributed by atoms with Crippen LogP contribution < -0.4 is 9.80 Å². The normalized spacial score (nSPS) is 13.2. The highest BCUT2D eigenvalue weighted by atomic mass is 15.2. The molecule has 0 saturated carbocycles. The molecule has 0 aromatic heterocycles. The molecule has 14 aromatic rings. The van der Waals surface area contributed by atoms with Crippen molar-refractivity contribution in [3.05, 3.63) is 383 Å². The smallest absolute Gasteiger partial charge is 0.0714 e. The summed E-state index contributed by atoms with van der Waals surface area (Å²) in [6, 6.07) is 122. The Morgan fingerprint density at radius 1 is 0.233 bits per heavy atom. The predicted molar refractivity (Wildman–Crippen MR) is 360 cm³/mol. The topological polar surface area (TPSA) is 6.48 Å². The van der Waals surface area contributed by atoms with Crippen molar-refractivity contribution in [2.75, 3.05) is 9.80 Å². The Balaban J connectivity index is 0.875. The van der Waals surface area contributed by atoms with Crippen LogP contribution in [0.3, 0.4) is 0 Å². The highest BCUT2D eigenvalue weighted by molar-refractivity contribution is 6.22. The molecular weight excluding hydrogens is 1040 g/mol. The first-order valence-electron chi connectivity index (χ1n) is 30.0.